The minimum atomic E-state index is -2.56. The van der Waals surface area contributed by atoms with Gasteiger partial charge in [-0.15, -0.1) is 0 Å². The van der Waals surface area contributed by atoms with E-state index < -0.39 is 18.9 Å². The summed E-state index contributed by atoms with van der Waals surface area (Å²) in [6, 6.07) is 4.69. The fourth-order valence-electron chi connectivity index (χ4n) is 1.38. The zero-order chi connectivity index (χ0) is 13.7. The molecule has 0 saturated carbocycles. The molecule has 0 radical (unpaired) electrons. The van der Waals surface area contributed by atoms with Crippen LogP contribution < -0.4 is 0 Å². The minimum Gasteiger partial charge on any atom is -0.332 e. The molecule has 0 spiro atoms. The maximum absolute atomic E-state index is 12.4. The van der Waals surface area contributed by atoms with Gasteiger partial charge in [-0.2, -0.15) is 0 Å². The molecule has 1 amide bonds. The molecule has 1 aromatic carbocycles. The Labute approximate surface area is 126 Å². The van der Waals surface area contributed by atoms with Crippen molar-refractivity contribution in [1.29, 1.82) is 0 Å². The third-order valence-electron chi connectivity index (χ3n) is 2.16. The number of halogens is 5. The lowest BCUT2D eigenvalue weighted by molar-refractivity contribution is 0.0571. The third-order valence-corrected chi connectivity index (χ3v) is 3.44. The largest absolute Gasteiger partial charge is 0.332 e. The normalized spacial score (nSPS) is 10.8. The van der Waals surface area contributed by atoms with Crippen molar-refractivity contribution in [1.82, 2.24) is 4.90 Å². The van der Waals surface area contributed by atoms with Crippen LogP contribution in [0.1, 0.15) is 10.4 Å². The molecule has 0 heterocycles. The number of carbonyl (C=O) groups is 1. The van der Waals surface area contributed by atoms with Crippen LogP contribution in [0, 0.1) is 0 Å². The van der Waals surface area contributed by atoms with E-state index in [0.29, 0.717) is 14.8 Å². The molecule has 0 unspecified atom stereocenters. The van der Waals surface area contributed by atoms with Crippen LogP contribution in [-0.4, -0.2) is 35.7 Å². The SMILES string of the molecule is O=C(c1cc(Cl)ccc1Br)N(CCBr)CC(F)F. The van der Waals surface area contributed by atoms with Crippen LogP contribution in [0.5, 0.6) is 0 Å². The molecule has 0 N–H and O–H groups in total. The molecular weight excluding hydrogens is 395 g/mol. The number of rotatable bonds is 5. The number of alkyl halides is 3. The van der Waals surface area contributed by atoms with E-state index in [0.717, 1.165) is 4.90 Å². The van der Waals surface area contributed by atoms with Crippen molar-refractivity contribution < 1.29 is 13.6 Å². The quantitative estimate of drug-likeness (QED) is 0.673. The average Bonchev–Trinajstić information content (AvgIpc) is 2.30. The van der Waals surface area contributed by atoms with Crippen LogP contribution in [0.15, 0.2) is 22.7 Å². The van der Waals surface area contributed by atoms with E-state index in [9.17, 15) is 13.6 Å². The van der Waals surface area contributed by atoms with E-state index in [1.165, 1.54) is 6.07 Å². The lowest BCUT2D eigenvalue weighted by atomic mass is 10.2. The van der Waals surface area contributed by atoms with Gasteiger partial charge in [-0.3, -0.25) is 4.79 Å². The van der Waals surface area contributed by atoms with Crippen LogP contribution in [-0.2, 0) is 0 Å². The Bertz CT molecular complexity index is 432. The maximum Gasteiger partial charge on any atom is 0.255 e. The Hall–Kier alpha value is -0.200. The molecule has 0 bridgehead atoms. The van der Waals surface area contributed by atoms with Gasteiger partial charge >= 0.3 is 0 Å². The van der Waals surface area contributed by atoms with Gasteiger partial charge in [0.05, 0.1) is 12.1 Å². The summed E-state index contributed by atoms with van der Waals surface area (Å²) in [4.78, 5) is 13.2. The van der Waals surface area contributed by atoms with Crippen molar-refractivity contribution >= 4 is 49.4 Å². The van der Waals surface area contributed by atoms with Crippen molar-refractivity contribution in [2.45, 2.75) is 6.43 Å². The highest BCUT2D eigenvalue weighted by molar-refractivity contribution is 9.10. The topological polar surface area (TPSA) is 20.3 Å². The fourth-order valence-corrected chi connectivity index (χ4v) is 2.39. The summed E-state index contributed by atoms with van der Waals surface area (Å²) in [5.41, 5.74) is 0.282. The van der Waals surface area contributed by atoms with Gasteiger partial charge in [0.2, 0.25) is 0 Å². The van der Waals surface area contributed by atoms with E-state index in [4.69, 9.17) is 11.6 Å². The van der Waals surface area contributed by atoms with Crippen molar-refractivity contribution in [2.24, 2.45) is 0 Å². The van der Waals surface area contributed by atoms with Crippen LogP contribution in [0.3, 0.4) is 0 Å². The van der Waals surface area contributed by atoms with Gasteiger partial charge in [-0.1, -0.05) is 27.5 Å². The average molecular weight is 405 g/mol. The Morgan fingerprint density at radius 3 is 2.67 bits per heavy atom. The maximum atomic E-state index is 12.4. The Morgan fingerprint density at radius 1 is 1.44 bits per heavy atom. The molecule has 0 aliphatic heterocycles. The van der Waals surface area contributed by atoms with E-state index in [-0.39, 0.29) is 12.1 Å². The molecule has 0 fully saturated rings. The van der Waals surface area contributed by atoms with E-state index in [1.807, 2.05) is 0 Å². The molecule has 2 nitrogen and oxygen atoms in total. The lowest BCUT2D eigenvalue weighted by Crippen LogP contribution is -2.36. The molecule has 100 valence electrons. The Balaban J connectivity index is 2.97. The number of hydrogen-bond donors (Lipinski definition) is 0. The number of nitrogens with zero attached hydrogens (tertiary/aromatic N) is 1. The smallest absolute Gasteiger partial charge is 0.255 e. The van der Waals surface area contributed by atoms with Crippen LogP contribution >= 0.6 is 43.5 Å². The first-order chi connectivity index (χ1) is 8.45. The van der Waals surface area contributed by atoms with Crippen LogP contribution in [0.2, 0.25) is 5.02 Å². The third kappa shape index (κ3) is 4.48. The number of carbonyl (C=O) groups excluding carboxylic acids is 1. The summed E-state index contributed by atoms with van der Waals surface area (Å²) in [5.74, 6) is -0.468. The predicted molar refractivity (Wildman–Crippen MR) is 74.9 cm³/mol. The van der Waals surface area contributed by atoms with Crippen molar-refractivity contribution in [3.8, 4) is 0 Å². The summed E-state index contributed by atoms with van der Waals surface area (Å²) in [5, 5.41) is 0.821. The number of hydrogen-bond acceptors (Lipinski definition) is 1. The van der Waals surface area contributed by atoms with Crippen molar-refractivity contribution in [3.05, 3.63) is 33.3 Å². The highest BCUT2D eigenvalue weighted by Gasteiger charge is 2.21. The molecule has 1 rings (SSSR count). The predicted octanol–water partition coefficient (Wildman–Crippen LogP) is 4.20. The number of benzene rings is 1. The van der Waals surface area contributed by atoms with Gasteiger partial charge in [-0.05, 0) is 34.1 Å². The van der Waals surface area contributed by atoms with Gasteiger partial charge < -0.3 is 4.90 Å². The molecule has 0 atom stereocenters. The van der Waals surface area contributed by atoms with Gasteiger partial charge in [0.1, 0.15) is 0 Å². The molecule has 0 aromatic heterocycles. The Morgan fingerprint density at radius 2 is 2.11 bits per heavy atom. The zero-order valence-corrected chi connectivity index (χ0v) is 13.1. The standard InChI is InChI=1S/C11H10Br2ClF2NO/c12-3-4-17(6-10(15)16)11(18)8-5-7(14)1-2-9(8)13/h1-2,5,10H,3-4,6H2. The summed E-state index contributed by atoms with van der Waals surface area (Å²) in [6.45, 7) is -0.383. The monoisotopic (exact) mass is 403 g/mol. The Kier molecular flexibility index (Phi) is 6.52. The minimum absolute atomic E-state index is 0.210. The van der Waals surface area contributed by atoms with Crippen LogP contribution in [0.4, 0.5) is 8.78 Å². The first-order valence-corrected chi connectivity index (χ1v) is 7.33. The lowest BCUT2D eigenvalue weighted by Gasteiger charge is -2.22. The first-order valence-electron chi connectivity index (χ1n) is 5.04. The number of amides is 1. The highest BCUT2D eigenvalue weighted by atomic mass is 79.9. The van der Waals surface area contributed by atoms with E-state index in [2.05, 4.69) is 31.9 Å². The second kappa shape index (κ2) is 7.40. The molecule has 1 aromatic rings. The summed E-state index contributed by atoms with van der Waals surface area (Å²) in [7, 11) is 0. The van der Waals surface area contributed by atoms with E-state index >= 15 is 0 Å². The second-order valence-corrected chi connectivity index (χ2v) is 5.54. The van der Waals surface area contributed by atoms with Gasteiger partial charge in [0.15, 0.2) is 0 Å². The second-order valence-electron chi connectivity index (χ2n) is 3.46. The summed E-state index contributed by atoms with van der Waals surface area (Å²) >= 11 is 12.1. The first kappa shape index (κ1) is 15.9. The summed E-state index contributed by atoms with van der Waals surface area (Å²) < 4.78 is 25.4. The van der Waals surface area contributed by atoms with Gasteiger partial charge in [0.25, 0.3) is 12.3 Å². The molecule has 7 heteroatoms. The molecule has 18 heavy (non-hydrogen) atoms. The molecule has 0 aliphatic carbocycles. The summed E-state index contributed by atoms with van der Waals surface area (Å²) in [6.07, 6.45) is -2.56. The van der Waals surface area contributed by atoms with Gasteiger partial charge in [-0.25, -0.2) is 8.78 Å². The molecular formula is C11H10Br2ClF2NO. The van der Waals surface area contributed by atoms with Crippen molar-refractivity contribution in [3.63, 3.8) is 0 Å². The van der Waals surface area contributed by atoms with Gasteiger partial charge in [0, 0.05) is 21.4 Å². The van der Waals surface area contributed by atoms with Crippen molar-refractivity contribution in [2.75, 3.05) is 18.4 Å². The molecule has 0 saturated heterocycles. The fraction of sp³-hybridized carbons (Fsp3) is 0.364. The highest BCUT2D eigenvalue weighted by Crippen LogP contribution is 2.23. The molecule has 0 aliphatic rings. The zero-order valence-electron chi connectivity index (χ0n) is 9.18. The van der Waals surface area contributed by atoms with Crippen LogP contribution in [0.25, 0.3) is 0 Å². The van der Waals surface area contributed by atoms with E-state index in [1.54, 1.807) is 12.1 Å².